The topological polar surface area (TPSA) is 12.5 Å². The predicted octanol–water partition coefficient (Wildman–Crippen LogP) is 2.75. The van der Waals surface area contributed by atoms with Gasteiger partial charge in [-0.2, -0.15) is 0 Å². The molecule has 1 aliphatic heterocycles. The van der Waals surface area contributed by atoms with E-state index in [0.29, 0.717) is 11.5 Å². The van der Waals surface area contributed by atoms with E-state index in [-0.39, 0.29) is 0 Å². The van der Waals surface area contributed by atoms with Gasteiger partial charge in [0, 0.05) is 25.0 Å². The Balaban J connectivity index is 1.77. The smallest absolute Gasteiger partial charge is 0.0872 e. The van der Waals surface area contributed by atoms with Gasteiger partial charge in [0.25, 0.3) is 0 Å². The molecule has 92 valence electrons. The number of hydrogen-bond acceptors (Lipinski definition) is 2. The van der Waals surface area contributed by atoms with Crippen molar-refractivity contribution >= 4 is 0 Å². The van der Waals surface area contributed by atoms with Crippen LogP contribution >= 0.6 is 0 Å². The predicted molar refractivity (Wildman–Crippen MR) is 63.0 cm³/mol. The van der Waals surface area contributed by atoms with Gasteiger partial charge in [0.15, 0.2) is 0 Å². The normalized spacial score (nSPS) is 26.9. The fourth-order valence-corrected chi connectivity index (χ4v) is 2.31. The molecule has 0 bridgehead atoms. The van der Waals surface area contributed by atoms with Gasteiger partial charge < -0.3 is 4.74 Å². The molecule has 0 aromatic carbocycles. The van der Waals surface area contributed by atoms with Crippen molar-refractivity contribution in [3.8, 4) is 0 Å². The highest BCUT2D eigenvalue weighted by Gasteiger charge is 2.44. The molecular weight excluding hydrogens is 205 g/mol. The minimum absolute atomic E-state index is 0.317. The Morgan fingerprint density at radius 1 is 1.50 bits per heavy atom. The molecule has 3 heteroatoms. The second-order valence-electron chi connectivity index (χ2n) is 5.59. The third kappa shape index (κ3) is 3.05. The molecule has 1 heterocycles. The summed E-state index contributed by atoms with van der Waals surface area (Å²) in [5, 5.41) is 0. The maximum atomic E-state index is 12.4. The van der Waals surface area contributed by atoms with Crippen molar-refractivity contribution < 1.29 is 9.13 Å². The number of likely N-dealkylation sites (tertiary alicyclic amines) is 1. The Morgan fingerprint density at radius 2 is 2.25 bits per heavy atom. The highest BCUT2D eigenvalue weighted by atomic mass is 19.1. The summed E-state index contributed by atoms with van der Waals surface area (Å²) in [4.78, 5) is 2.36. The minimum Gasteiger partial charge on any atom is -0.378 e. The Bertz CT molecular complexity index is 271. The van der Waals surface area contributed by atoms with Gasteiger partial charge in [0.2, 0.25) is 0 Å². The molecule has 2 fully saturated rings. The maximum Gasteiger partial charge on any atom is 0.0872 e. The van der Waals surface area contributed by atoms with E-state index in [4.69, 9.17) is 4.74 Å². The highest BCUT2D eigenvalue weighted by molar-refractivity contribution is 5.08. The molecule has 0 spiro atoms. The van der Waals surface area contributed by atoms with Crippen LogP contribution in [0.1, 0.15) is 33.1 Å². The van der Waals surface area contributed by atoms with Gasteiger partial charge in [0.1, 0.15) is 0 Å². The molecule has 1 aliphatic carbocycles. The summed E-state index contributed by atoms with van der Waals surface area (Å²) in [6, 6.07) is 0. The zero-order valence-electron chi connectivity index (χ0n) is 10.3. The Hall–Kier alpha value is -0.410. The summed E-state index contributed by atoms with van der Waals surface area (Å²) in [5.41, 5.74) is 1.33. The summed E-state index contributed by atoms with van der Waals surface area (Å²) in [6.07, 6.45) is 4.54. The molecule has 0 atom stereocenters. The summed E-state index contributed by atoms with van der Waals surface area (Å²) >= 11 is 0. The molecule has 0 N–H and O–H groups in total. The second-order valence-corrected chi connectivity index (χ2v) is 5.59. The van der Waals surface area contributed by atoms with Gasteiger partial charge in [-0.25, -0.2) is 4.39 Å². The van der Waals surface area contributed by atoms with Gasteiger partial charge in [0.05, 0.1) is 19.0 Å². The van der Waals surface area contributed by atoms with E-state index < -0.39 is 0 Å². The van der Waals surface area contributed by atoms with Gasteiger partial charge in [-0.05, 0) is 38.7 Å². The van der Waals surface area contributed by atoms with Crippen molar-refractivity contribution in [2.75, 3.05) is 26.2 Å². The molecule has 0 aromatic rings. The maximum absolute atomic E-state index is 12.4. The molecule has 0 radical (unpaired) electrons. The van der Waals surface area contributed by atoms with Crippen LogP contribution in [0.15, 0.2) is 11.9 Å². The van der Waals surface area contributed by atoms with Crippen LogP contribution in [0.25, 0.3) is 0 Å². The van der Waals surface area contributed by atoms with E-state index >= 15 is 0 Å². The van der Waals surface area contributed by atoms with Crippen molar-refractivity contribution in [2.45, 2.75) is 39.2 Å². The van der Waals surface area contributed by atoms with Crippen LogP contribution in [0.5, 0.6) is 0 Å². The van der Waals surface area contributed by atoms with Crippen molar-refractivity contribution in [1.82, 2.24) is 4.90 Å². The zero-order valence-corrected chi connectivity index (χ0v) is 10.3. The fraction of sp³-hybridized carbons (Fsp3) is 0.846. The first-order valence-electron chi connectivity index (χ1n) is 6.26. The number of rotatable bonds is 5. The summed E-state index contributed by atoms with van der Waals surface area (Å²) in [5.74, 6) is 0. The van der Waals surface area contributed by atoms with Crippen molar-refractivity contribution in [2.24, 2.45) is 5.41 Å². The van der Waals surface area contributed by atoms with Crippen LogP contribution in [0.4, 0.5) is 4.39 Å². The van der Waals surface area contributed by atoms with E-state index in [2.05, 4.69) is 18.7 Å². The molecule has 1 saturated heterocycles. The largest absolute Gasteiger partial charge is 0.378 e. The molecule has 2 aliphatic rings. The lowest BCUT2D eigenvalue weighted by molar-refractivity contribution is 0.0337. The number of hydrogen-bond donors (Lipinski definition) is 0. The average Bonchev–Trinajstić information content (AvgIpc) is 2.86. The quantitative estimate of drug-likeness (QED) is 0.716. The van der Waals surface area contributed by atoms with Crippen molar-refractivity contribution in [3.05, 3.63) is 11.9 Å². The van der Waals surface area contributed by atoms with Gasteiger partial charge in [-0.3, -0.25) is 4.90 Å². The lowest BCUT2D eigenvalue weighted by Crippen LogP contribution is -2.31. The van der Waals surface area contributed by atoms with Crippen LogP contribution in [0.3, 0.4) is 0 Å². The lowest BCUT2D eigenvalue weighted by atomic mass is 10.1. The van der Waals surface area contributed by atoms with Gasteiger partial charge in [-0.15, -0.1) is 0 Å². The van der Waals surface area contributed by atoms with Crippen LogP contribution in [0, 0.1) is 5.41 Å². The van der Waals surface area contributed by atoms with Crippen molar-refractivity contribution in [3.63, 3.8) is 0 Å². The monoisotopic (exact) mass is 227 g/mol. The SMILES string of the molecule is CC(C)OCC1(CN2CC/C(=C/F)C2)CC1. The third-order valence-corrected chi connectivity index (χ3v) is 3.57. The number of ether oxygens (including phenoxy) is 1. The minimum atomic E-state index is 0.317. The van der Waals surface area contributed by atoms with Crippen LogP contribution in [-0.4, -0.2) is 37.2 Å². The van der Waals surface area contributed by atoms with Gasteiger partial charge >= 0.3 is 0 Å². The Morgan fingerprint density at radius 3 is 2.75 bits per heavy atom. The van der Waals surface area contributed by atoms with E-state index in [1.165, 1.54) is 12.8 Å². The first-order chi connectivity index (χ1) is 7.63. The molecule has 0 aromatic heterocycles. The number of nitrogens with zero attached hydrogens (tertiary/aromatic N) is 1. The standard InChI is InChI=1S/C13H22FNO/c1-11(2)16-10-13(4-5-13)9-15-6-3-12(7-14)8-15/h7,11H,3-6,8-10H2,1-2H3/b12-7-. The van der Waals surface area contributed by atoms with Crippen LogP contribution < -0.4 is 0 Å². The van der Waals surface area contributed by atoms with Crippen LogP contribution in [-0.2, 0) is 4.74 Å². The second kappa shape index (κ2) is 4.84. The van der Waals surface area contributed by atoms with E-state index in [1.807, 2.05) is 0 Å². The molecular formula is C13H22FNO. The first-order valence-corrected chi connectivity index (χ1v) is 6.26. The van der Waals surface area contributed by atoms with Crippen molar-refractivity contribution in [1.29, 1.82) is 0 Å². The van der Waals surface area contributed by atoms with E-state index in [9.17, 15) is 4.39 Å². The fourth-order valence-electron chi connectivity index (χ4n) is 2.31. The molecule has 2 nitrogen and oxygen atoms in total. The molecule has 1 saturated carbocycles. The summed E-state index contributed by atoms with van der Waals surface area (Å²) in [6.45, 7) is 7.94. The summed E-state index contributed by atoms with van der Waals surface area (Å²) in [7, 11) is 0. The number of halogens is 1. The van der Waals surface area contributed by atoms with E-state index in [0.717, 1.165) is 44.6 Å². The van der Waals surface area contributed by atoms with Gasteiger partial charge in [-0.1, -0.05) is 0 Å². The third-order valence-electron chi connectivity index (χ3n) is 3.57. The average molecular weight is 227 g/mol. The highest BCUT2D eigenvalue weighted by Crippen LogP contribution is 2.47. The summed E-state index contributed by atoms with van der Waals surface area (Å²) < 4.78 is 18.1. The molecule has 2 rings (SSSR count). The molecule has 0 unspecified atom stereocenters. The first kappa shape index (κ1) is 12.1. The Kier molecular flexibility index (Phi) is 3.65. The van der Waals surface area contributed by atoms with Crippen LogP contribution in [0.2, 0.25) is 0 Å². The van der Waals surface area contributed by atoms with E-state index in [1.54, 1.807) is 0 Å². The Labute approximate surface area is 97.5 Å². The zero-order chi connectivity index (χ0) is 11.6. The molecule has 16 heavy (non-hydrogen) atoms. The lowest BCUT2D eigenvalue weighted by Gasteiger charge is -2.23. The molecule has 0 amide bonds.